The molecule has 0 aliphatic carbocycles. The van der Waals surface area contributed by atoms with Gasteiger partial charge in [0.2, 0.25) is 5.84 Å². The monoisotopic (exact) mass is 377 g/mol. The number of methoxy groups -OCH3 is 1. The van der Waals surface area contributed by atoms with Gasteiger partial charge in [0.15, 0.2) is 0 Å². The number of ether oxygens (including phenoxy) is 1. The molecule has 2 aliphatic heterocycles. The molecular formula is C16H16BrN3O3. The van der Waals surface area contributed by atoms with E-state index in [0.29, 0.717) is 16.9 Å². The molecule has 7 heteroatoms. The summed E-state index contributed by atoms with van der Waals surface area (Å²) in [6.07, 6.45) is 3.35. The van der Waals surface area contributed by atoms with Crippen LogP contribution in [0.4, 0.5) is 0 Å². The molecule has 6 nitrogen and oxygen atoms in total. The number of hydrogen-bond acceptors (Lipinski definition) is 5. The van der Waals surface area contributed by atoms with Gasteiger partial charge in [-0.15, -0.1) is 0 Å². The molecule has 2 atom stereocenters. The highest BCUT2D eigenvalue weighted by molar-refractivity contribution is 9.11. The summed E-state index contributed by atoms with van der Waals surface area (Å²) in [5.41, 5.74) is 1.09. The Morgan fingerprint density at radius 2 is 2.09 bits per heavy atom. The smallest absolute Gasteiger partial charge is 0.312 e. The molecule has 0 saturated heterocycles. The van der Waals surface area contributed by atoms with E-state index in [4.69, 9.17) is 4.74 Å². The van der Waals surface area contributed by atoms with Crippen molar-refractivity contribution in [1.82, 2.24) is 4.90 Å². The standard InChI is InChI=1S/C16H16BrN3O3/c1-10-8-18-16-14(20(21)22)7-12(17)9-19(16)15(10)11-3-5-13(23-2)6-4-11/h3-7,9-10,15H,8H2,1-2H3. The number of halogens is 1. The number of nitro groups is 1. The van der Waals surface area contributed by atoms with Crippen molar-refractivity contribution < 1.29 is 9.66 Å². The summed E-state index contributed by atoms with van der Waals surface area (Å²) in [4.78, 5) is 17.2. The lowest BCUT2D eigenvalue weighted by Crippen LogP contribution is -2.42. The van der Waals surface area contributed by atoms with Gasteiger partial charge >= 0.3 is 5.70 Å². The van der Waals surface area contributed by atoms with Gasteiger partial charge in [0, 0.05) is 29.2 Å². The van der Waals surface area contributed by atoms with Crippen molar-refractivity contribution in [2.45, 2.75) is 13.0 Å². The molecular weight excluding hydrogens is 362 g/mol. The Balaban J connectivity index is 2.03. The summed E-state index contributed by atoms with van der Waals surface area (Å²) >= 11 is 3.37. The maximum atomic E-state index is 11.3. The molecule has 0 spiro atoms. The SMILES string of the molecule is COc1ccc(C2C(C)CN=C3C([N+](=O)[O-])=CC(Br)=CN32)cc1. The third kappa shape index (κ3) is 2.88. The van der Waals surface area contributed by atoms with E-state index < -0.39 is 0 Å². The second-order valence-electron chi connectivity index (χ2n) is 5.57. The number of fused-ring (bicyclic) bond motifs is 1. The first-order chi connectivity index (χ1) is 11.0. The van der Waals surface area contributed by atoms with Crippen LogP contribution in [0.15, 0.2) is 51.7 Å². The summed E-state index contributed by atoms with van der Waals surface area (Å²) in [5.74, 6) is 1.43. The maximum Gasteiger partial charge on any atom is 0.312 e. The van der Waals surface area contributed by atoms with Crippen LogP contribution in [0.3, 0.4) is 0 Å². The normalized spacial score (nSPS) is 23.4. The fourth-order valence-electron chi connectivity index (χ4n) is 2.96. The maximum absolute atomic E-state index is 11.3. The van der Waals surface area contributed by atoms with Crippen molar-refractivity contribution in [2.75, 3.05) is 13.7 Å². The van der Waals surface area contributed by atoms with E-state index in [2.05, 4.69) is 27.8 Å². The zero-order valence-electron chi connectivity index (χ0n) is 12.8. The van der Waals surface area contributed by atoms with Crippen molar-refractivity contribution in [3.05, 3.63) is 62.4 Å². The number of amidine groups is 1. The lowest BCUT2D eigenvalue weighted by molar-refractivity contribution is -0.416. The van der Waals surface area contributed by atoms with Gasteiger partial charge in [-0.05, 0) is 33.6 Å². The first kappa shape index (κ1) is 15.7. The number of hydrogen-bond donors (Lipinski definition) is 0. The Hall–Kier alpha value is -2.15. The van der Waals surface area contributed by atoms with Gasteiger partial charge in [0.1, 0.15) is 5.75 Å². The van der Waals surface area contributed by atoms with Gasteiger partial charge < -0.3 is 9.64 Å². The first-order valence-electron chi connectivity index (χ1n) is 7.21. The molecule has 2 unspecified atom stereocenters. The van der Waals surface area contributed by atoms with Gasteiger partial charge in [-0.1, -0.05) is 19.1 Å². The number of rotatable bonds is 3. The number of nitrogens with zero attached hydrogens (tertiary/aromatic N) is 3. The second kappa shape index (κ2) is 6.16. The largest absolute Gasteiger partial charge is 0.497 e. The van der Waals surface area contributed by atoms with Gasteiger partial charge in [-0.2, -0.15) is 0 Å². The van der Waals surface area contributed by atoms with E-state index in [-0.39, 0.29) is 22.6 Å². The third-order valence-corrected chi connectivity index (χ3v) is 4.47. The Morgan fingerprint density at radius 1 is 1.39 bits per heavy atom. The Kier molecular flexibility index (Phi) is 4.21. The highest BCUT2D eigenvalue weighted by Gasteiger charge is 2.38. The van der Waals surface area contributed by atoms with E-state index in [1.54, 1.807) is 7.11 Å². The summed E-state index contributed by atoms with van der Waals surface area (Å²) < 4.78 is 5.86. The molecule has 23 heavy (non-hydrogen) atoms. The van der Waals surface area contributed by atoms with Gasteiger partial charge in [0.05, 0.1) is 18.1 Å². The zero-order chi connectivity index (χ0) is 16.6. The second-order valence-corrected chi connectivity index (χ2v) is 6.48. The van der Waals surface area contributed by atoms with E-state index in [1.165, 1.54) is 6.08 Å². The van der Waals surface area contributed by atoms with Crippen molar-refractivity contribution in [2.24, 2.45) is 10.9 Å². The number of aliphatic imine (C=N–C) groups is 1. The average Bonchev–Trinajstić information content (AvgIpc) is 2.54. The molecule has 2 heterocycles. The topological polar surface area (TPSA) is 68.0 Å². The average molecular weight is 378 g/mol. The molecule has 0 radical (unpaired) electrons. The molecule has 0 fully saturated rings. The van der Waals surface area contributed by atoms with Crippen molar-refractivity contribution in [3.8, 4) is 5.75 Å². The van der Waals surface area contributed by atoms with Crippen LogP contribution in [-0.2, 0) is 0 Å². The quantitative estimate of drug-likeness (QED) is 0.597. The third-order valence-electron chi connectivity index (χ3n) is 4.03. The molecule has 120 valence electrons. The van der Waals surface area contributed by atoms with Crippen LogP contribution >= 0.6 is 15.9 Å². The predicted octanol–water partition coefficient (Wildman–Crippen LogP) is 3.50. The minimum atomic E-state index is -0.388. The van der Waals surface area contributed by atoms with Crippen LogP contribution < -0.4 is 4.74 Å². The highest BCUT2D eigenvalue weighted by Crippen LogP contribution is 2.38. The summed E-state index contributed by atoms with van der Waals surface area (Å²) in [5, 5.41) is 11.3. The molecule has 0 aromatic heterocycles. The van der Waals surface area contributed by atoms with Gasteiger partial charge in [0.25, 0.3) is 0 Å². The van der Waals surface area contributed by atoms with E-state index in [0.717, 1.165) is 11.3 Å². The molecule has 1 aromatic rings. The fraction of sp³-hybridized carbons (Fsp3) is 0.312. The van der Waals surface area contributed by atoms with Crippen molar-refractivity contribution >= 4 is 21.8 Å². The molecule has 0 bridgehead atoms. The lowest BCUT2D eigenvalue weighted by atomic mass is 9.90. The molecule has 0 N–H and O–H groups in total. The number of benzene rings is 1. The van der Waals surface area contributed by atoms with Crippen LogP contribution in [0.1, 0.15) is 18.5 Å². The van der Waals surface area contributed by atoms with Gasteiger partial charge in [-0.25, -0.2) is 0 Å². The summed E-state index contributed by atoms with van der Waals surface area (Å²) in [6, 6.07) is 7.79. The molecule has 1 aromatic carbocycles. The van der Waals surface area contributed by atoms with Gasteiger partial charge in [-0.3, -0.25) is 15.1 Å². The Bertz CT molecular complexity index is 725. The Morgan fingerprint density at radius 3 is 2.70 bits per heavy atom. The van der Waals surface area contributed by atoms with Crippen LogP contribution in [0, 0.1) is 16.0 Å². The minimum Gasteiger partial charge on any atom is -0.497 e. The minimum absolute atomic E-state index is 0.00962. The molecule has 0 saturated carbocycles. The van der Waals surface area contributed by atoms with Crippen LogP contribution in [0.25, 0.3) is 0 Å². The molecule has 3 rings (SSSR count). The van der Waals surface area contributed by atoms with Crippen molar-refractivity contribution in [3.63, 3.8) is 0 Å². The summed E-state index contributed by atoms with van der Waals surface area (Å²) in [7, 11) is 1.63. The van der Waals surface area contributed by atoms with Crippen LogP contribution in [0.5, 0.6) is 5.75 Å². The van der Waals surface area contributed by atoms with Crippen LogP contribution in [-0.4, -0.2) is 29.3 Å². The fourth-order valence-corrected chi connectivity index (χ4v) is 3.40. The van der Waals surface area contributed by atoms with E-state index >= 15 is 0 Å². The summed E-state index contributed by atoms with van der Waals surface area (Å²) in [6.45, 7) is 2.65. The first-order valence-corrected chi connectivity index (χ1v) is 8.01. The number of allylic oxidation sites excluding steroid dienone is 2. The van der Waals surface area contributed by atoms with Crippen molar-refractivity contribution in [1.29, 1.82) is 0 Å². The molecule has 0 amide bonds. The van der Waals surface area contributed by atoms with E-state index in [1.807, 2.05) is 35.4 Å². The van der Waals surface area contributed by atoms with E-state index in [9.17, 15) is 10.1 Å². The Labute approximate surface area is 142 Å². The predicted molar refractivity (Wildman–Crippen MR) is 91.1 cm³/mol. The highest BCUT2D eigenvalue weighted by atomic mass is 79.9. The van der Waals surface area contributed by atoms with Crippen LogP contribution in [0.2, 0.25) is 0 Å². The molecule has 2 aliphatic rings. The lowest BCUT2D eigenvalue weighted by Gasteiger charge is -2.39. The zero-order valence-corrected chi connectivity index (χ0v) is 14.4.